The van der Waals surface area contributed by atoms with Gasteiger partial charge in [-0.25, -0.2) is 0 Å². The molecule has 2 N–H and O–H groups in total. The van der Waals surface area contributed by atoms with Crippen molar-refractivity contribution in [2.75, 3.05) is 7.05 Å². The van der Waals surface area contributed by atoms with Gasteiger partial charge in [0.2, 0.25) is 0 Å². The standard InChI is InChI=1S/C18H15NO2.C8H15NO2/c1-13-10-15(17-4-2-3-5-18(17)19-13)12-21-16-8-6-14(11-20)7-9-16;1-9-7-5-3-2-4-6(7)8(10)11/h2-11H,12H2,1H3;6-7,9H,2-5H2,1H3,(H,10,11)/t;6-,7+/m.0/s1. The minimum Gasteiger partial charge on any atom is -0.489 e. The molecule has 1 heterocycles. The molecule has 0 spiro atoms. The number of aldehydes is 1. The number of nitrogens with zero attached hydrogens (tertiary/aromatic N) is 1. The molecule has 6 nitrogen and oxygen atoms in total. The van der Waals surface area contributed by atoms with Crippen LogP contribution in [-0.4, -0.2) is 35.4 Å². The van der Waals surface area contributed by atoms with Gasteiger partial charge in [0.1, 0.15) is 18.6 Å². The van der Waals surface area contributed by atoms with Crippen molar-refractivity contribution in [2.24, 2.45) is 5.92 Å². The fourth-order valence-electron chi connectivity index (χ4n) is 4.09. The maximum absolute atomic E-state index is 10.7. The number of aromatic nitrogens is 1. The van der Waals surface area contributed by atoms with Gasteiger partial charge in [0.05, 0.1) is 11.4 Å². The summed E-state index contributed by atoms with van der Waals surface area (Å²) < 4.78 is 5.81. The Morgan fingerprint density at radius 3 is 2.53 bits per heavy atom. The predicted molar refractivity (Wildman–Crippen MR) is 125 cm³/mol. The molecular weight excluding hydrogens is 404 g/mol. The zero-order valence-electron chi connectivity index (χ0n) is 18.6. The number of hydrogen-bond donors (Lipinski definition) is 2. The molecule has 6 heteroatoms. The lowest BCUT2D eigenvalue weighted by Gasteiger charge is -2.27. The van der Waals surface area contributed by atoms with E-state index in [2.05, 4.69) is 16.4 Å². The van der Waals surface area contributed by atoms with Gasteiger partial charge in [0, 0.05) is 28.2 Å². The minimum absolute atomic E-state index is 0.159. The molecule has 0 bridgehead atoms. The summed E-state index contributed by atoms with van der Waals surface area (Å²) in [6.07, 6.45) is 4.89. The number of rotatable bonds is 6. The molecule has 0 saturated heterocycles. The van der Waals surface area contributed by atoms with Crippen LogP contribution < -0.4 is 10.1 Å². The van der Waals surface area contributed by atoms with Crippen molar-refractivity contribution in [3.05, 3.63) is 71.4 Å². The summed E-state index contributed by atoms with van der Waals surface area (Å²) >= 11 is 0. The summed E-state index contributed by atoms with van der Waals surface area (Å²) in [5.41, 5.74) is 3.71. The van der Waals surface area contributed by atoms with Crippen LogP contribution in [0.4, 0.5) is 0 Å². The maximum Gasteiger partial charge on any atom is 0.308 e. The van der Waals surface area contributed by atoms with E-state index in [0.29, 0.717) is 12.2 Å². The van der Waals surface area contributed by atoms with Gasteiger partial charge < -0.3 is 15.2 Å². The lowest BCUT2D eigenvalue weighted by Crippen LogP contribution is -2.40. The highest BCUT2D eigenvalue weighted by Gasteiger charge is 2.29. The number of fused-ring (bicyclic) bond motifs is 1. The van der Waals surface area contributed by atoms with Crippen LogP contribution in [0.25, 0.3) is 10.9 Å². The molecule has 1 aromatic heterocycles. The van der Waals surface area contributed by atoms with Gasteiger partial charge in [-0.1, -0.05) is 31.0 Å². The van der Waals surface area contributed by atoms with Gasteiger partial charge in [-0.3, -0.25) is 14.6 Å². The molecule has 32 heavy (non-hydrogen) atoms. The summed E-state index contributed by atoms with van der Waals surface area (Å²) in [5.74, 6) is -0.0584. The Balaban J connectivity index is 0.000000222. The molecule has 0 aliphatic heterocycles. The molecule has 0 amide bonds. The van der Waals surface area contributed by atoms with E-state index >= 15 is 0 Å². The minimum atomic E-state index is -0.649. The topological polar surface area (TPSA) is 88.5 Å². The van der Waals surface area contributed by atoms with Crippen molar-refractivity contribution in [1.29, 1.82) is 0 Å². The van der Waals surface area contributed by atoms with E-state index in [0.717, 1.165) is 59.9 Å². The molecule has 4 rings (SSSR count). The number of ether oxygens (including phenoxy) is 1. The summed E-state index contributed by atoms with van der Waals surface area (Å²) in [6.45, 7) is 2.46. The lowest BCUT2D eigenvalue weighted by molar-refractivity contribution is -0.143. The quantitative estimate of drug-likeness (QED) is 0.543. The SMILES string of the molecule is CN[C@@H]1CCCC[C@@H]1C(=O)O.Cc1cc(COc2ccc(C=O)cc2)c2ccccc2n1. The fraction of sp³-hybridized carbons (Fsp3) is 0.346. The zero-order chi connectivity index (χ0) is 22.9. The van der Waals surface area contributed by atoms with E-state index in [9.17, 15) is 9.59 Å². The number of nitrogens with one attached hydrogen (secondary N) is 1. The molecule has 2 aromatic carbocycles. The van der Waals surface area contributed by atoms with E-state index in [1.807, 2.05) is 38.2 Å². The first-order valence-corrected chi connectivity index (χ1v) is 10.9. The van der Waals surface area contributed by atoms with E-state index in [1.165, 1.54) is 0 Å². The monoisotopic (exact) mass is 434 g/mol. The average molecular weight is 435 g/mol. The Labute approximate surface area is 188 Å². The van der Waals surface area contributed by atoms with Crippen LogP contribution in [0.2, 0.25) is 0 Å². The van der Waals surface area contributed by atoms with Crippen molar-refractivity contribution in [3.8, 4) is 5.75 Å². The van der Waals surface area contributed by atoms with Crippen LogP contribution in [0.1, 0.15) is 47.3 Å². The van der Waals surface area contributed by atoms with Crippen molar-refractivity contribution in [3.63, 3.8) is 0 Å². The molecule has 0 unspecified atom stereocenters. The van der Waals surface area contributed by atoms with Crippen molar-refractivity contribution in [2.45, 2.75) is 45.3 Å². The number of pyridine rings is 1. The smallest absolute Gasteiger partial charge is 0.308 e. The second kappa shape index (κ2) is 11.4. The number of aryl methyl sites for hydroxylation is 1. The first kappa shape index (κ1) is 23.4. The average Bonchev–Trinajstić information content (AvgIpc) is 2.83. The lowest BCUT2D eigenvalue weighted by atomic mass is 9.85. The zero-order valence-corrected chi connectivity index (χ0v) is 18.6. The number of carbonyl (C=O) groups excluding carboxylic acids is 1. The first-order chi connectivity index (χ1) is 15.5. The van der Waals surface area contributed by atoms with Crippen molar-refractivity contribution >= 4 is 23.2 Å². The Hall–Kier alpha value is -3.25. The number of carboxylic acid groups (broad SMARTS) is 1. The number of aliphatic carboxylic acids is 1. The molecule has 1 fully saturated rings. The van der Waals surface area contributed by atoms with Crippen LogP contribution in [0, 0.1) is 12.8 Å². The largest absolute Gasteiger partial charge is 0.489 e. The van der Waals surface area contributed by atoms with E-state index in [4.69, 9.17) is 9.84 Å². The Kier molecular flexibility index (Phi) is 8.34. The number of carboxylic acids is 1. The fourth-order valence-corrected chi connectivity index (χ4v) is 4.09. The summed E-state index contributed by atoms with van der Waals surface area (Å²) in [6, 6.07) is 17.4. The third-order valence-corrected chi connectivity index (χ3v) is 5.79. The van der Waals surface area contributed by atoms with Crippen LogP contribution in [-0.2, 0) is 11.4 Å². The van der Waals surface area contributed by atoms with E-state index in [-0.39, 0.29) is 12.0 Å². The summed E-state index contributed by atoms with van der Waals surface area (Å²) in [5, 5.41) is 13.0. The highest BCUT2D eigenvalue weighted by Crippen LogP contribution is 2.24. The van der Waals surface area contributed by atoms with Gasteiger partial charge in [0.25, 0.3) is 0 Å². The Morgan fingerprint density at radius 1 is 1.16 bits per heavy atom. The molecule has 1 aliphatic carbocycles. The summed E-state index contributed by atoms with van der Waals surface area (Å²) in [7, 11) is 1.84. The van der Waals surface area contributed by atoms with Crippen LogP contribution in [0.3, 0.4) is 0 Å². The number of para-hydroxylation sites is 1. The van der Waals surface area contributed by atoms with Gasteiger partial charge in [0.15, 0.2) is 0 Å². The Bertz CT molecular complexity index is 1050. The normalized spacial score (nSPS) is 17.8. The van der Waals surface area contributed by atoms with Crippen LogP contribution in [0.5, 0.6) is 5.75 Å². The van der Waals surface area contributed by atoms with Gasteiger partial charge >= 0.3 is 5.97 Å². The second-order valence-corrected chi connectivity index (χ2v) is 8.04. The first-order valence-electron chi connectivity index (χ1n) is 10.9. The molecular formula is C26H30N2O4. The van der Waals surface area contributed by atoms with E-state index < -0.39 is 5.97 Å². The Morgan fingerprint density at radius 2 is 1.88 bits per heavy atom. The van der Waals surface area contributed by atoms with Crippen LogP contribution >= 0.6 is 0 Å². The highest BCUT2D eigenvalue weighted by molar-refractivity contribution is 5.82. The molecule has 0 radical (unpaired) electrons. The van der Waals surface area contributed by atoms with Crippen molar-refractivity contribution in [1.82, 2.24) is 10.3 Å². The predicted octanol–water partition coefficient (Wildman–Crippen LogP) is 4.78. The number of hydrogen-bond acceptors (Lipinski definition) is 5. The van der Waals surface area contributed by atoms with E-state index in [1.54, 1.807) is 24.3 Å². The van der Waals surface area contributed by atoms with Gasteiger partial charge in [-0.05, 0) is 63.2 Å². The molecule has 3 aromatic rings. The second-order valence-electron chi connectivity index (χ2n) is 8.04. The maximum atomic E-state index is 10.7. The molecule has 1 saturated carbocycles. The third kappa shape index (κ3) is 6.14. The van der Waals surface area contributed by atoms with Crippen LogP contribution in [0.15, 0.2) is 54.6 Å². The van der Waals surface area contributed by atoms with Crippen molar-refractivity contribution < 1.29 is 19.4 Å². The van der Waals surface area contributed by atoms with Gasteiger partial charge in [-0.2, -0.15) is 0 Å². The highest BCUT2D eigenvalue weighted by atomic mass is 16.5. The molecule has 2 atom stereocenters. The molecule has 1 aliphatic rings. The number of carbonyl (C=O) groups is 2. The van der Waals surface area contributed by atoms with Gasteiger partial charge in [-0.15, -0.1) is 0 Å². The number of benzene rings is 2. The molecule has 168 valence electrons. The summed E-state index contributed by atoms with van der Waals surface area (Å²) in [4.78, 5) is 25.8. The third-order valence-electron chi connectivity index (χ3n) is 5.79.